The zero-order valence-corrected chi connectivity index (χ0v) is 15.4. The van der Waals surface area contributed by atoms with E-state index in [2.05, 4.69) is 5.32 Å². The topological polar surface area (TPSA) is 56.8 Å². The second kappa shape index (κ2) is 9.18. The van der Waals surface area contributed by atoms with Crippen molar-refractivity contribution in [1.82, 2.24) is 5.32 Å². The molecule has 0 aliphatic carbocycles. The minimum absolute atomic E-state index is 0.0475. The second-order valence-corrected chi connectivity index (χ2v) is 5.81. The maximum Gasteiger partial charge on any atom is 0.220 e. The van der Waals surface area contributed by atoms with Gasteiger partial charge in [0.05, 0.1) is 21.3 Å². The number of amides is 1. The van der Waals surface area contributed by atoms with Crippen LogP contribution in [0.25, 0.3) is 0 Å². The summed E-state index contributed by atoms with van der Waals surface area (Å²) >= 11 is 6.10. The van der Waals surface area contributed by atoms with Crippen LogP contribution in [0.5, 0.6) is 17.2 Å². The number of hydrogen-bond donors (Lipinski definition) is 1. The Kier molecular flexibility index (Phi) is 6.95. The number of aryl methyl sites for hydroxylation is 1. The average Bonchev–Trinajstić information content (AvgIpc) is 2.64. The molecule has 0 bridgehead atoms. The van der Waals surface area contributed by atoms with E-state index >= 15 is 0 Å². The highest BCUT2D eigenvalue weighted by atomic mass is 35.5. The molecule has 0 saturated heterocycles. The smallest absolute Gasteiger partial charge is 0.220 e. The molecule has 0 heterocycles. The Labute approximate surface area is 152 Å². The number of halogens is 1. The molecule has 0 radical (unpaired) electrons. The highest BCUT2D eigenvalue weighted by Crippen LogP contribution is 2.38. The van der Waals surface area contributed by atoms with Crippen molar-refractivity contribution < 1.29 is 19.0 Å². The molecular weight excluding hydrogens is 342 g/mol. The number of benzene rings is 2. The second-order valence-electron chi connectivity index (χ2n) is 5.40. The Morgan fingerprint density at radius 2 is 1.68 bits per heavy atom. The van der Waals surface area contributed by atoms with Gasteiger partial charge in [0.15, 0.2) is 11.5 Å². The van der Waals surface area contributed by atoms with E-state index in [0.717, 1.165) is 11.1 Å². The van der Waals surface area contributed by atoms with Gasteiger partial charge in [-0.05, 0) is 35.7 Å². The molecule has 25 heavy (non-hydrogen) atoms. The van der Waals surface area contributed by atoms with Crippen molar-refractivity contribution in [3.63, 3.8) is 0 Å². The van der Waals surface area contributed by atoms with Crippen LogP contribution in [0, 0.1) is 0 Å². The van der Waals surface area contributed by atoms with Crippen molar-refractivity contribution in [3.05, 3.63) is 52.5 Å². The first-order chi connectivity index (χ1) is 12.1. The number of carbonyl (C=O) groups excluding carboxylic acids is 1. The number of methoxy groups -OCH3 is 3. The molecule has 0 unspecified atom stereocenters. The molecule has 2 aromatic carbocycles. The molecule has 134 valence electrons. The summed E-state index contributed by atoms with van der Waals surface area (Å²) in [7, 11) is 4.67. The molecule has 1 N–H and O–H groups in total. The highest BCUT2D eigenvalue weighted by Gasteiger charge is 2.13. The first-order valence-corrected chi connectivity index (χ1v) is 8.25. The van der Waals surface area contributed by atoms with Gasteiger partial charge in [-0.1, -0.05) is 29.8 Å². The maximum atomic E-state index is 12.1. The molecule has 0 aromatic heterocycles. The number of carbonyl (C=O) groups is 1. The van der Waals surface area contributed by atoms with Crippen molar-refractivity contribution in [2.24, 2.45) is 0 Å². The summed E-state index contributed by atoms with van der Waals surface area (Å²) in [6.45, 7) is 0.373. The predicted molar refractivity (Wildman–Crippen MR) is 97.7 cm³/mol. The molecule has 0 atom stereocenters. The molecule has 5 nitrogen and oxygen atoms in total. The maximum absolute atomic E-state index is 12.1. The molecular formula is C19H22ClNO4. The lowest BCUT2D eigenvalue weighted by Crippen LogP contribution is -2.23. The minimum atomic E-state index is -0.0475. The number of rotatable bonds is 8. The third-order valence-corrected chi connectivity index (χ3v) is 4.16. The van der Waals surface area contributed by atoms with Crippen molar-refractivity contribution in [2.75, 3.05) is 21.3 Å². The average molecular weight is 364 g/mol. The van der Waals surface area contributed by atoms with E-state index in [1.165, 1.54) is 0 Å². The standard InChI is InChI=1S/C19H22ClNO4/c1-23-16-10-13(11-17(24-2)19(16)25-3)12-21-18(22)9-8-14-6-4-5-7-15(14)20/h4-7,10-11H,8-9,12H2,1-3H3,(H,21,22). The van der Waals surface area contributed by atoms with Crippen LogP contribution in [0.4, 0.5) is 0 Å². The number of hydrogen-bond acceptors (Lipinski definition) is 4. The molecule has 0 spiro atoms. The van der Waals surface area contributed by atoms with Gasteiger partial charge in [-0.3, -0.25) is 4.79 Å². The molecule has 0 aliphatic rings. The van der Waals surface area contributed by atoms with Gasteiger partial charge in [-0.2, -0.15) is 0 Å². The van der Waals surface area contributed by atoms with E-state index in [-0.39, 0.29) is 5.91 Å². The van der Waals surface area contributed by atoms with Crippen LogP contribution in [0.15, 0.2) is 36.4 Å². The molecule has 2 rings (SSSR count). The van der Waals surface area contributed by atoms with E-state index < -0.39 is 0 Å². The summed E-state index contributed by atoms with van der Waals surface area (Å²) in [4.78, 5) is 12.1. The number of nitrogens with one attached hydrogen (secondary N) is 1. The third-order valence-electron chi connectivity index (χ3n) is 3.79. The summed E-state index contributed by atoms with van der Waals surface area (Å²) in [5, 5.41) is 3.58. The lowest BCUT2D eigenvalue weighted by atomic mass is 10.1. The first kappa shape index (κ1) is 18.9. The van der Waals surface area contributed by atoms with Crippen LogP contribution >= 0.6 is 11.6 Å². The zero-order valence-electron chi connectivity index (χ0n) is 14.6. The van der Waals surface area contributed by atoms with Crippen molar-refractivity contribution in [1.29, 1.82) is 0 Å². The minimum Gasteiger partial charge on any atom is -0.493 e. The Morgan fingerprint density at radius 3 is 2.24 bits per heavy atom. The third kappa shape index (κ3) is 5.03. The molecule has 0 aliphatic heterocycles. The zero-order chi connectivity index (χ0) is 18.2. The van der Waals surface area contributed by atoms with Gasteiger partial charge in [0, 0.05) is 18.0 Å². The lowest BCUT2D eigenvalue weighted by molar-refractivity contribution is -0.121. The van der Waals surface area contributed by atoms with Gasteiger partial charge in [0.2, 0.25) is 11.7 Å². The van der Waals surface area contributed by atoms with E-state index in [0.29, 0.717) is 41.7 Å². The van der Waals surface area contributed by atoms with Gasteiger partial charge in [-0.15, -0.1) is 0 Å². The molecule has 6 heteroatoms. The Hall–Kier alpha value is -2.40. The molecule has 0 saturated carbocycles. The van der Waals surface area contributed by atoms with Crippen molar-refractivity contribution >= 4 is 17.5 Å². The fourth-order valence-electron chi connectivity index (χ4n) is 2.48. The highest BCUT2D eigenvalue weighted by molar-refractivity contribution is 6.31. The fraction of sp³-hybridized carbons (Fsp3) is 0.316. The SMILES string of the molecule is COc1cc(CNC(=O)CCc2ccccc2Cl)cc(OC)c1OC. The monoisotopic (exact) mass is 363 g/mol. The van der Waals surface area contributed by atoms with Gasteiger partial charge in [0.1, 0.15) is 0 Å². The number of ether oxygens (including phenoxy) is 3. The van der Waals surface area contributed by atoms with E-state index in [9.17, 15) is 4.79 Å². The Morgan fingerprint density at radius 1 is 1.04 bits per heavy atom. The lowest BCUT2D eigenvalue weighted by Gasteiger charge is -2.14. The summed E-state index contributed by atoms with van der Waals surface area (Å²) < 4.78 is 15.9. The molecule has 2 aromatic rings. The van der Waals surface area contributed by atoms with Crippen molar-refractivity contribution in [2.45, 2.75) is 19.4 Å². The fourth-order valence-corrected chi connectivity index (χ4v) is 2.71. The molecule has 0 fully saturated rings. The van der Waals surface area contributed by atoms with Crippen LogP contribution in [0.2, 0.25) is 5.02 Å². The van der Waals surface area contributed by atoms with Gasteiger partial charge in [-0.25, -0.2) is 0 Å². The summed E-state index contributed by atoms with van der Waals surface area (Å²) in [5.74, 6) is 1.59. The van der Waals surface area contributed by atoms with E-state index in [1.807, 2.05) is 36.4 Å². The Bertz CT molecular complexity index is 708. The van der Waals surface area contributed by atoms with E-state index in [4.69, 9.17) is 25.8 Å². The summed E-state index contributed by atoms with van der Waals surface area (Å²) in [6, 6.07) is 11.2. The summed E-state index contributed by atoms with van der Waals surface area (Å²) in [6.07, 6.45) is 0.967. The quantitative estimate of drug-likeness (QED) is 0.778. The van der Waals surface area contributed by atoms with Crippen LogP contribution in [-0.4, -0.2) is 27.2 Å². The van der Waals surface area contributed by atoms with Crippen LogP contribution in [0.1, 0.15) is 17.5 Å². The normalized spacial score (nSPS) is 10.2. The van der Waals surface area contributed by atoms with Crippen LogP contribution in [-0.2, 0) is 17.8 Å². The van der Waals surface area contributed by atoms with Gasteiger partial charge >= 0.3 is 0 Å². The van der Waals surface area contributed by atoms with Crippen LogP contribution < -0.4 is 19.5 Å². The van der Waals surface area contributed by atoms with Crippen molar-refractivity contribution in [3.8, 4) is 17.2 Å². The van der Waals surface area contributed by atoms with Gasteiger partial charge in [0.25, 0.3) is 0 Å². The van der Waals surface area contributed by atoms with E-state index in [1.54, 1.807) is 21.3 Å². The largest absolute Gasteiger partial charge is 0.493 e. The summed E-state index contributed by atoms with van der Waals surface area (Å²) in [5.41, 5.74) is 1.83. The molecule has 1 amide bonds. The predicted octanol–water partition coefficient (Wildman–Crippen LogP) is 3.61. The Balaban J connectivity index is 1.96. The van der Waals surface area contributed by atoms with Gasteiger partial charge < -0.3 is 19.5 Å². The van der Waals surface area contributed by atoms with Crippen LogP contribution in [0.3, 0.4) is 0 Å². The first-order valence-electron chi connectivity index (χ1n) is 7.88.